The number of amides is 1. The summed E-state index contributed by atoms with van der Waals surface area (Å²) in [5.74, 6) is 0.161. The Labute approximate surface area is 192 Å². The van der Waals surface area contributed by atoms with Crippen molar-refractivity contribution in [1.29, 1.82) is 0 Å². The van der Waals surface area contributed by atoms with Gasteiger partial charge in [0.15, 0.2) is 5.82 Å². The minimum absolute atomic E-state index is 0.108. The van der Waals surface area contributed by atoms with Crippen molar-refractivity contribution in [2.75, 3.05) is 5.32 Å². The molecule has 0 bridgehead atoms. The summed E-state index contributed by atoms with van der Waals surface area (Å²) in [6.07, 6.45) is 5.30. The van der Waals surface area contributed by atoms with Gasteiger partial charge in [0.25, 0.3) is 11.5 Å². The monoisotopic (exact) mass is 438 g/mol. The molecule has 1 heterocycles. The number of fused-ring (bicyclic) bond motifs is 1. The first-order valence-electron chi connectivity index (χ1n) is 11.2. The van der Waals surface area contributed by atoms with Gasteiger partial charge >= 0.3 is 0 Å². The third kappa shape index (κ3) is 4.24. The standard InChI is InChI=1S/C27H26N4O2/c1-17-10-11-20(26(32)30-21-12-13-21)16-24(17)31-15-14-28-25(27(31)33)29-18(2)22-9-5-7-19-6-3-4-8-23(19)22/h3-11,14-16,18,21H,12-13H2,1-2H3,(H,28,29)(H,30,32)/t18-/m1/s1. The molecule has 1 amide bonds. The SMILES string of the molecule is Cc1ccc(C(=O)NC2CC2)cc1-n1ccnc(N[C@H](C)c2cccc3ccccc23)c1=O. The van der Waals surface area contributed by atoms with E-state index in [1.54, 1.807) is 29.1 Å². The fourth-order valence-corrected chi connectivity index (χ4v) is 4.12. The number of carbonyl (C=O) groups is 1. The summed E-state index contributed by atoms with van der Waals surface area (Å²) in [4.78, 5) is 30.2. The number of nitrogens with zero attached hydrogens (tertiary/aromatic N) is 2. The van der Waals surface area contributed by atoms with Crippen LogP contribution in [-0.4, -0.2) is 21.5 Å². The highest BCUT2D eigenvalue weighted by molar-refractivity contribution is 5.95. The van der Waals surface area contributed by atoms with Gasteiger partial charge in [0.05, 0.1) is 11.7 Å². The molecule has 0 spiro atoms. The molecule has 1 aliphatic rings. The molecule has 6 nitrogen and oxygen atoms in total. The zero-order valence-corrected chi connectivity index (χ0v) is 18.7. The van der Waals surface area contributed by atoms with Crippen LogP contribution in [0.1, 0.15) is 47.3 Å². The molecule has 166 valence electrons. The number of benzene rings is 3. The molecule has 0 unspecified atom stereocenters. The number of aromatic nitrogens is 2. The van der Waals surface area contributed by atoms with E-state index in [0.29, 0.717) is 11.3 Å². The van der Waals surface area contributed by atoms with Crippen LogP contribution in [0.4, 0.5) is 5.82 Å². The van der Waals surface area contributed by atoms with Crippen molar-refractivity contribution in [1.82, 2.24) is 14.9 Å². The van der Waals surface area contributed by atoms with Crippen LogP contribution in [0.2, 0.25) is 0 Å². The maximum Gasteiger partial charge on any atom is 0.297 e. The third-order valence-electron chi connectivity index (χ3n) is 6.13. The lowest BCUT2D eigenvalue weighted by molar-refractivity contribution is 0.0951. The van der Waals surface area contributed by atoms with E-state index < -0.39 is 0 Å². The van der Waals surface area contributed by atoms with Crippen LogP contribution >= 0.6 is 0 Å². The highest BCUT2D eigenvalue weighted by Crippen LogP contribution is 2.26. The molecule has 33 heavy (non-hydrogen) atoms. The zero-order valence-electron chi connectivity index (χ0n) is 18.7. The average molecular weight is 439 g/mol. The van der Waals surface area contributed by atoms with Gasteiger partial charge in [0.2, 0.25) is 0 Å². The van der Waals surface area contributed by atoms with Gasteiger partial charge in [-0.2, -0.15) is 0 Å². The lowest BCUT2D eigenvalue weighted by atomic mass is 10.00. The Morgan fingerprint density at radius 3 is 2.70 bits per heavy atom. The zero-order chi connectivity index (χ0) is 22.9. The van der Waals surface area contributed by atoms with E-state index in [0.717, 1.165) is 34.7 Å². The molecule has 0 saturated heterocycles. The summed E-state index contributed by atoms with van der Waals surface area (Å²) in [7, 11) is 0. The van der Waals surface area contributed by atoms with E-state index >= 15 is 0 Å². The summed E-state index contributed by atoms with van der Waals surface area (Å²) < 4.78 is 1.55. The van der Waals surface area contributed by atoms with Gasteiger partial charge in [-0.1, -0.05) is 48.5 Å². The van der Waals surface area contributed by atoms with Crippen LogP contribution in [0.5, 0.6) is 0 Å². The molecule has 1 fully saturated rings. The molecule has 0 radical (unpaired) electrons. The molecule has 3 aromatic carbocycles. The van der Waals surface area contributed by atoms with Gasteiger partial charge in [-0.15, -0.1) is 0 Å². The van der Waals surface area contributed by atoms with Crippen LogP contribution in [0.15, 0.2) is 77.9 Å². The Morgan fingerprint density at radius 2 is 1.88 bits per heavy atom. The molecule has 1 aliphatic carbocycles. The van der Waals surface area contributed by atoms with Crippen molar-refractivity contribution in [3.8, 4) is 5.69 Å². The molecule has 0 aliphatic heterocycles. The fourth-order valence-electron chi connectivity index (χ4n) is 4.12. The van der Waals surface area contributed by atoms with Gasteiger partial charge in [0.1, 0.15) is 0 Å². The highest BCUT2D eigenvalue weighted by Gasteiger charge is 2.24. The second-order valence-corrected chi connectivity index (χ2v) is 8.63. The van der Waals surface area contributed by atoms with Gasteiger partial charge < -0.3 is 10.6 Å². The smallest absolute Gasteiger partial charge is 0.297 e. The number of carbonyl (C=O) groups excluding carboxylic acids is 1. The number of nitrogens with one attached hydrogen (secondary N) is 2. The van der Waals surface area contributed by atoms with E-state index in [-0.39, 0.29) is 29.4 Å². The van der Waals surface area contributed by atoms with Crippen LogP contribution in [0.25, 0.3) is 16.5 Å². The summed E-state index contributed by atoms with van der Waals surface area (Å²) in [6.45, 7) is 3.95. The molecule has 4 aromatic rings. The van der Waals surface area contributed by atoms with Gasteiger partial charge in [-0.3, -0.25) is 14.2 Å². The second-order valence-electron chi connectivity index (χ2n) is 8.63. The largest absolute Gasteiger partial charge is 0.359 e. The second kappa shape index (κ2) is 8.54. The van der Waals surface area contributed by atoms with Crippen LogP contribution in [0.3, 0.4) is 0 Å². The van der Waals surface area contributed by atoms with Crippen molar-refractivity contribution in [2.45, 2.75) is 38.8 Å². The first-order chi connectivity index (χ1) is 16.0. The summed E-state index contributed by atoms with van der Waals surface area (Å²) >= 11 is 0. The highest BCUT2D eigenvalue weighted by atomic mass is 16.2. The van der Waals surface area contributed by atoms with Crippen molar-refractivity contribution >= 4 is 22.5 Å². The van der Waals surface area contributed by atoms with Gasteiger partial charge in [-0.25, -0.2) is 4.98 Å². The summed E-state index contributed by atoms with van der Waals surface area (Å²) in [6, 6.07) is 19.9. The predicted molar refractivity (Wildman–Crippen MR) is 131 cm³/mol. The van der Waals surface area contributed by atoms with Gasteiger partial charge in [-0.05, 0) is 60.7 Å². The lowest BCUT2D eigenvalue weighted by Gasteiger charge is -2.18. The fraction of sp³-hybridized carbons (Fsp3) is 0.222. The minimum Gasteiger partial charge on any atom is -0.359 e. The number of hydrogen-bond acceptors (Lipinski definition) is 4. The third-order valence-corrected chi connectivity index (χ3v) is 6.13. The molecular formula is C27H26N4O2. The average Bonchev–Trinajstić information content (AvgIpc) is 3.64. The maximum atomic E-state index is 13.4. The Hall–Kier alpha value is -3.93. The Bertz CT molecular complexity index is 1400. The number of rotatable bonds is 6. The van der Waals surface area contributed by atoms with Crippen molar-refractivity contribution in [2.24, 2.45) is 0 Å². The number of aryl methyl sites for hydroxylation is 1. The first-order valence-corrected chi connectivity index (χ1v) is 11.2. The number of anilines is 1. The molecule has 1 atom stereocenters. The number of hydrogen-bond donors (Lipinski definition) is 2. The van der Waals surface area contributed by atoms with Gasteiger partial charge in [0, 0.05) is 24.0 Å². The Balaban J connectivity index is 1.47. The van der Waals surface area contributed by atoms with E-state index in [1.807, 2.05) is 38.1 Å². The first kappa shape index (κ1) is 20.9. The molecule has 5 rings (SSSR count). The molecule has 2 N–H and O–H groups in total. The van der Waals surface area contributed by atoms with Crippen molar-refractivity contribution in [3.63, 3.8) is 0 Å². The Morgan fingerprint density at radius 1 is 1.09 bits per heavy atom. The molecule has 1 aromatic heterocycles. The van der Waals surface area contributed by atoms with E-state index in [9.17, 15) is 9.59 Å². The molecule has 6 heteroatoms. The maximum absolute atomic E-state index is 13.4. The van der Waals surface area contributed by atoms with E-state index in [4.69, 9.17) is 0 Å². The lowest BCUT2D eigenvalue weighted by Crippen LogP contribution is -2.27. The normalized spacial score (nSPS) is 14.1. The van der Waals surface area contributed by atoms with E-state index in [2.05, 4.69) is 39.9 Å². The van der Waals surface area contributed by atoms with Crippen LogP contribution in [-0.2, 0) is 0 Å². The summed E-state index contributed by atoms with van der Waals surface area (Å²) in [5.41, 5.74) is 2.96. The molecule has 1 saturated carbocycles. The van der Waals surface area contributed by atoms with Crippen LogP contribution < -0.4 is 16.2 Å². The predicted octanol–water partition coefficient (Wildman–Crippen LogP) is 4.76. The topological polar surface area (TPSA) is 76.0 Å². The summed E-state index contributed by atoms with van der Waals surface area (Å²) in [5, 5.41) is 8.59. The minimum atomic E-state index is -0.257. The van der Waals surface area contributed by atoms with Crippen LogP contribution in [0, 0.1) is 6.92 Å². The Kier molecular flexibility index (Phi) is 5.42. The quantitative estimate of drug-likeness (QED) is 0.455. The van der Waals surface area contributed by atoms with Crippen molar-refractivity contribution in [3.05, 3.63) is 100 Å². The van der Waals surface area contributed by atoms with Crippen molar-refractivity contribution < 1.29 is 4.79 Å². The van der Waals surface area contributed by atoms with E-state index in [1.165, 1.54) is 0 Å². The molecular weight excluding hydrogens is 412 g/mol.